The van der Waals surface area contributed by atoms with Gasteiger partial charge in [-0.25, -0.2) is 0 Å². The van der Waals surface area contributed by atoms with Crippen LogP contribution in [0.15, 0.2) is 12.2 Å². The van der Waals surface area contributed by atoms with Crippen molar-refractivity contribution in [3.05, 3.63) is 12.2 Å². The summed E-state index contributed by atoms with van der Waals surface area (Å²) in [6.45, 7) is 6.86. The van der Waals surface area contributed by atoms with E-state index in [9.17, 15) is 19.0 Å². The van der Waals surface area contributed by atoms with Crippen molar-refractivity contribution in [3.63, 3.8) is 0 Å². The summed E-state index contributed by atoms with van der Waals surface area (Å²) in [4.78, 5) is 39.7. The van der Waals surface area contributed by atoms with E-state index in [1.807, 2.05) is 33.3 Å². The maximum atomic E-state index is 13.4. The zero-order chi connectivity index (χ0) is 48.0. The molecular formula is C55H109N2O7P. The summed E-state index contributed by atoms with van der Waals surface area (Å²) in [6.07, 6.45) is 50.2. The SMILES string of the molecule is CCCCCCCCCCCCC/C=C/[C@@H](OC(=O)CCCCCCCCCCCCCCC)[C@H](COP(=O)([O-])OCC[N+](C)(C)C)NC(=O)CCCCCCCCCCCCCCC. The van der Waals surface area contributed by atoms with Crippen molar-refractivity contribution in [3.8, 4) is 0 Å². The molecule has 0 aliphatic heterocycles. The molecule has 0 aliphatic carbocycles. The van der Waals surface area contributed by atoms with Crippen LogP contribution in [0.25, 0.3) is 0 Å². The third-order valence-corrected chi connectivity index (χ3v) is 13.7. The first-order valence-corrected chi connectivity index (χ1v) is 29.5. The van der Waals surface area contributed by atoms with Crippen LogP contribution >= 0.6 is 7.82 Å². The number of nitrogens with one attached hydrogen (secondary N) is 1. The number of ether oxygens (including phenoxy) is 1. The quantitative estimate of drug-likeness (QED) is 0.0212. The summed E-state index contributed by atoms with van der Waals surface area (Å²) in [5.74, 6) is -0.526. The van der Waals surface area contributed by atoms with Gasteiger partial charge in [-0.05, 0) is 31.8 Å². The maximum absolute atomic E-state index is 13.4. The number of unbranched alkanes of at least 4 members (excludes halogenated alkanes) is 35. The van der Waals surface area contributed by atoms with Crippen LogP contribution in [0.2, 0.25) is 0 Å². The highest BCUT2D eigenvalue weighted by molar-refractivity contribution is 7.45. The highest BCUT2D eigenvalue weighted by Crippen LogP contribution is 2.38. The van der Waals surface area contributed by atoms with E-state index in [4.69, 9.17) is 13.8 Å². The fraction of sp³-hybridized carbons (Fsp3) is 0.927. The largest absolute Gasteiger partial charge is 0.756 e. The van der Waals surface area contributed by atoms with E-state index in [0.29, 0.717) is 17.4 Å². The second-order valence-corrected chi connectivity index (χ2v) is 21.9. The minimum Gasteiger partial charge on any atom is -0.756 e. The molecule has 386 valence electrons. The van der Waals surface area contributed by atoms with Crippen molar-refractivity contribution in [2.45, 2.75) is 290 Å². The number of carbonyl (C=O) groups is 2. The average molecular weight is 941 g/mol. The third-order valence-electron chi connectivity index (χ3n) is 12.7. The number of phosphoric ester groups is 1. The molecule has 0 heterocycles. The lowest BCUT2D eigenvalue weighted by Gasteiger charge is -2.30. The van der Waals surface area contributed by atoms with Gasteiger partial charge in [0, 0.05) is 12.8 Å². The lowest BCUT2D eigenvalue weighted by atomic mass is 10.0. The van der Waals surface area contributed by atoms with Crippen molar-refractivity contribution in [2.75, 3.05) is 40.9 Å². The van der Waals surface area contributed by atoms with E-state index < -0.39 is 20.0 Å². The number of carbonyl (C=O) groups excluding carboxylic acids is 2. The van der Waals surface area contributed by atoms with Gasteiger partial charge in [-0.1, -0.05) is 245 Å². The van der Waals surface area contributed by atoms with E-state index >= 15 is 0 Å². The van der Waals surface area contributed by atoms with Gasteiger partial charge in [0.1, 0.15) is 19.3 Å². The molecule has 0 aromatic rings. The van der Waals surface area contributed by atoms with Crippen LogP contribution in [-0.4, -0.2) is 69.4 Å². The molecule has 0 fully saturated rings. The predicted octanol–water partition coefficient (Wildman–Crippen LogP) is 15.8. The van der Waals surface area contributed by atoms with Gasteiger partial charge in [0.15, 0.2) is 0 Å². The van der Waals surface area contributed by atoms with Gasteiger partial charge in [0.05, 0.1) is 33.8 Å². The summed E-state index contributed by atoms with van der Waals surface area (Å²) < 4.78 is 30.2. The van der Waals surface area contributed by atoms with Gasteiger partial charge in [-0.15, -0.1) is 0 Å². The Balaban J connectivity index is 5.37. The Morgan fingerprint density at radius 1 is 0.523 bits per heavy atom. The van der Waals surface area contributed by atoms with Crippen molar-refractivity contribution in [1.29, 1.82) is 0 Å². The molecule has 0 radical (unpaired) electrons. The number of nitrogens with zero attached hydrogens (tertiary/aromatic N) is 1. The molecule has 0 saturated carbocycles. The lowest BCUT2D eigenvalue weighted by Crippen LogP contribution is -2.47. The summed E-state index contributed by atoms with van der Waals surface area (Å²) in [5, 5.41) is 3.02. The Labute approximate surface area is 403 Å². The topological polar surface area (TPSA) is 114 Å². The van der Waals surface area contributed by atoms with E-state index in [1.54, 1.807) is 0 Å². The Kier molecular flexibility index (Phi) is 45.6. The molecule has 0 spiro atoms. The number of hydrogen-bond acceptors (Lipinski definition) is 7. The molecule has 3 atom stereocenters. The number of rotatable bonds is 51. The molecule has 1 N–H and O–H groups in total. The van der Waals surface area contributed by atoms with Gasteiger partial charge in [-0.3, -0.25) is 14.2 Å². The van der Waals surface area contributed by atoms with Crippen molar-refractivity contribution < 1.29 is 37.3 Å². The fourth-order valence-corrected chi connectivity index (χ4v) is 9.07. The normalized spacial score (nSPS) is 13.9. The average Bonchev–Trinajstić information content (AvgIpc) is 3.26. The monoisotopic (exact) mass is 941 g/mol. The van der Waals surface area contributed by atoms with Crippen LogP contribution in [0, 0.1) is 0 Å². The molecule has 1 unspecified atom stereocenters. The van der Waals surface area contributed by atoms with Gasteiger partial charge >= 0.3 is 5.97 Å². The second-order valence-electron chi connectivity index (χ2n) is 20.5. The number of esters is 1. The minimum absolute atomic E-state index is 0.0171. The molecule has 0 aromatic heterocycles. The van der Waals surface area contributed by atoms with Crippen molar-refractivity contribution in [2.24, 2.45) is 0 Å². The number of hydrogen-bond donors (Lipinski definition) is 1. The highest BCUT2D eigenvalue weighted by atomic mass is 31.2. The number of quaternary nitrogens is 1. The van der Waals surface area contributed by atoms with Crippen LogP contribution in [0.4, 0.5) is 0 Å². The summed E-state index contributed by atoms with van der Waals surface area (Å²) in [6, 6.07) is -0.877. The summed E-state index contributed by atoms with van der Waals surface area (Å²) in [7, 11) is 1.20. The third kappa shape index (κ3) is 47.6. The molecule has 0 saturated heterocycles. The van der Waals surface area contributed by atoms with Crippen LogP contribution in [0.5, 0.6) is 0 Å². The zero-order valence-electron chi connectivity index (χ0n) is 44.0. The van der Waals surface area contributed by atoms with E-state index in [2.05, 4.69) is 26.1 Å². The summed E-state index contributed by atoms with van der Waals surface area (Å²) in [5.41, 5.74) is 0. The molecule has 9 nitrogen and oxygen atoms in total. The zero-order valence-corrected chi connectivity index (χ0v) is 44.9. The van der Waals surface area contributed by atoms with Gasteiger partial charge < -0.3 is 28.5 Å². The number of phosphoric acid groups is 1. The maximum Gasteiger partial charge on any atom is 0.306 e. The van der Waals surface area contributed by atoms with Gasteiger partial charge in [-0.2, -0.15) is 0 Å². The Morgan fingerprint density at radius 3 is 1.26 bits per heavy atom. The van der Waals surface area contributed by atoms with E-state index in [1.165, 1.54) is 186 Å². The van der Waals surface area contributed by atoms with Crippen LogP contribution in [-0.2, 0) is 27.9 Å². The second kappa shape index (κ2) is 46.5. The van der Waals surface area contributed by atoms with E-state index in [-0.39, 0.29) is 31.5 Å². The van der Waals surface area contributed by atoms with Crippen molar-refractivity contribution in [1.82, 2.24) is 5.32 Å². The Bertz CT molecular complexity index is 1130. The van der Waals surface area contributed by atoms with Crippen molar-refractivity contribution >= 4 is 19.7 Å². The van der Waals surface area contributed by atoms with Crippen LogP contribution < -0.4 is 10.2 Å². The molecule has 0 aliphatic rings. The van der Waals surface area contributed by atoms with Crippen LogP contribution in [0.1, 0.15) is 278 Å². The summed E-state index contributed by atoms with van der Waals surface area (Å²) >= 11 is 0. The smallest absolute Gasteiger partial charge is 0.306 e. The first-order chi connectivity index (χ1) is 31.4. The standard InChI is InChI=1S/C55H109N2O7P/c1-7-10-13-16-19-22-25-28-31-34-37-40-43-46-53(64-55(59)48-45-42-39-36-33-30-27-24-21-18-15-12-9-3)52(51-63-65(60,61)62-50-49-57(4,5)6)56-54(58)47-44-41-38-35-32-29-26-23-20-17-14-11-8-2/h43,46,52-53H,7-42,44-45,47-51H2,1-6H3,(H-,56,58,60,61)/b46-43+/t52-,53+/m0/s1. The molecule has 1 amide bonds. The highest BCUT2D eigenvalue weighted by Gasteiger charge is 2.27. The van der Waals surface area contributed by atoms with E-state index in [0.717, 1.165) is 57.8 Å². The first kappa shape index (κ1) is 63.8. The fourth-order valence-electron chi connectivity index (χ4n) is 8.35. The first-order valence-electron chi connectivity index (χ1n) is 28.0. The minimum atomic E-state index is -4.68. The lowest BCUT2D eigenvalue weighted by molar-refractivity contribution is -0.870. The molecule has 0 rings (SSSR count). The number of likely N-dealkylation sites (N-methyl/N-ethyl adjacent to an activating group) is 1. The van der Waals surface area contributed by atoms with Gasteiger partial charge in [0.25, 0.3) is 7.82 Å². The molecule has 0 bridgehead atoms. The molecule has 10 heteroatoms. The molecule has 65 heavy (non-hydrogen) atoms. The van der Waals surface area contributed by atoms with Crippen LogP contribution in [0.3, 0.4) is 0 Å². The molecular weight excluding hydrogens is 832 g/mol. The van der Waals surface area contributed by atoms with Gasteiger partial charge in [0.2, 0.25) is 5.91 Å². The molecule has 0 aromatic carbocycles. The number of allylic oxidation sites excluding steroid dienone is 1. The Morgan fingerprint density at radius 2 is 0.877 bits per heavy atom. The predicted molar refractivity (Wildman–Crippen MR) is 275 cm³/mol. The number of amides is 1. The Hall–Kier alpha value is -1.25.